The molecule has 29 heavy (non-hydrogen) atoms. The summed E-state index contributed by atoms with van der Waals surface area (Å²) in [5.74, 6) is 1.28. The van der Waals surface area contributed by atoms with E-state index in [9.17, 15) is 5.11 Å². The SMILES string of the molecule is CCNC(=NCc1coc(-c2ccccc2)n1)NCCC(O)c1ccccc1.I. The number of aromatic nitrogens is 1. The molecule has 3 N–H and O–H groups in total. The third-order valence-corrected chi connectivity index (χ3v) is 4.21. The van der Waals surface area contributed by atoms with E-state index in [1.54, 1.807) is 6.26 Å². The molecule has 1 unspecified atom stereocenters. The van der Waals surface area contributed by atoms with Crippen molar-refractivity contribution in [2.45, 2.75) is 26.0 Å². The molecule has 0 aliphatic rings. The topological polar surface area (TPSA) is 82.7 Å². The number of guanidine groups is 1. The Morgan fingerprint density at radius 1 is 1.07 bits per heavy atom. The van der Waals surface area contributed by atoms with Gasteiger partial charge in [0, 0.05) is 18.7 Å². The minimum absolute atomic E-state index is 0. The molecule has 0 amide bonds. The fraction of sp³-hybridized carbons (Fsp3) is 0.273. The molecule has 0 bridgehead atoms. The first kappa shape index (κ1) is 22.9. The van der Waals surface area contributed by atoms with Gasteiger partial charge < -0.3 is 20.2 Å². The predicted octanol–water partition coefficient (Wildman–Crippen LogP) is 4.14. The van der Waals surface area contributed by atoms with Gasteiger partial charge in [-0.05, 0) is 31.0 Å². The highest BCUT2D eigenvalue weighted by atomic mass is 127. The van der Waals surface area contributed by atoms with Crippen LogP contribution < -0.4 is 10.6 Å². The van der Waals surface area contributed by atoms with Crippen molar-refractivity contribution in [1.82, 2.24) is 15.6 Å². The summed E-state index contributed by atoms with van der Waals surface area (Å²) in [5, 5.41) is 16.7. The Labute approximate surface area is 188 Å². The van der Waals surface area contributed by atoms with E-state index in [0.717, 1.165) is 23.4 Å². The number of aliphatic imine (C=N–C) groups is 1. The third kappa shape index (κ3) is 7.17. The van der Waals surface area contributed by atoms with E-state index < -0.39 is 6.10 Å². The summed E-state index contributed by atoms with van der Waals surface area (Å²) in [7, 11) is 0. The molecule has 2 aromatic carbocycles. The highest BCUT2D eigenvalue weighted by molar-refractivity contribution is 14.0. The van der Waals surface area contributed by atoms with Gasteiger partial charge in [0.05, 0.1) is 12.6 Å². The van der Waals surface area contributed by atoms with Gasteiger partial charge in [-0.1, -0.05) is 48.5 Å². The Bertz CT molecular complexity index is 869. The van der Waals surface area contributed by atoms with Crippen molar-refractivity contribution in [2.75, 3.05) is 13.1 Å². The number of aliphatic hydroxyl groups is 1. The van der Waals surface area contributed by atoms with E-state index in [2.05, 4.69) is 20.6 Å². The standard InChI is InChI=1S/C22H26N4O2.HI/c1-2-23-22(24-14-13-20(27)17-9-5-3-6-10-17)25-15-19-16-28-21(26-19)18-11-7-4-8-12-18;/h3-12,16,20,27H,2,13-15H2,1H3,(H2,23,24,25);1H. The summed E-state index contributed by atoms with van der Waals surface area (Å²) in [6, 6.07) is 19.4. The second kappa shape index (κ2) is 12.2. The van der Waals surface area contributed by atoms with Crippen LogP contribution in [0.4, 0.5) is 0 Å². The van der Waals surface area contributed by atoms with Crippen molar-refractivity contribution in [3.05, 3.63) is 78.2 Å². The van der Waals surface area contributed by atoms with Gasteiger partial charge in [0.15, 0.2) is 5.96 Å². The van der Waals surface area contributed by atoms with Gasteiger partial charge in [-0.3, -0.25) is 0 Å². The number of benzene rings is 2. The number of aliphatic hydroxyl groups excluding tert-OH is 1. The van der Waals surface area contributed by atoms with E-state index in [1.165, 1.54) is 0 Å². The number of hydrogen-bond donors (Lipinski definition) is 3. The first-order valence-corrected chi connectivity index (χ1v) is 9.51. The van der Waals surface area contributed by atoms with Crippen LogP contribution in [-0.4, -0.2) is 29.1 Å². The zero-order valence-corrected chi connectivity index (χ0v) is 18.7. The maximum atomic E-state index is 10.3. The molecule has 7 heteroatoms. The Balaban J connectivity index is 0.00000300. The quantitative estimate of drug-likeness (QED) is 0.243. The lowest BCUT2D eigenvalue weighted by molar-refractivity contribution is 0.168. The predicted molar refractivity (Wildman–Crippen MR) is 126 cm³/mol. The monoisotopic (exact) mass is 506 g/mol. The van der Waals surface area contributed by atoms with Gasteiger partial charge >= 0.3 is 0 Å². The number of oxazole rings is 1. The van der Waals surface area contributed by atoms with Crippen molar-refractivity contribution in [3.8, 4) is 11.5 Å². The minimum atomic E-state index is -0.499. The molecule has 0 fully saturated rings. The Hall–Kier alpha value is -2.39. The van der Waals surface area contributed by atoms with Crippen LogP contribution in [0.5, 0.6) is 0 Å². The second-order valence-corrected chi connectivity index (χ2v) is 6.35. The van der Waals surface area contributed by atoms with Crippen molar-refractivity contribution in [2.24, 2.45) is 4.99 Å². The lowest BCUT2D eigenvalue weighted by Gasteiger charge is -2.14. The van der Waals surface area contributed by atoms with Crippen molar-refractivity contribution in [3.63, 3.8) is 0 Å². The molecule has 3 aromatic rings. The molecule has 1 aromatic heterocycles. The van der Waals surface area contributed by atoms with Gasteiger partial charge in [0.25, 0.3) is 0 Å². The van der Waals surface area contributed by atoms with Crippen LogP contribution in [0.25, 0.3) is 11.5 Å². The smallest absolute Gasteiger partial charge is 0.226 e. The fourth-order valence-electron chi connectivity index (χ4n) is 2.76. The number of halogens is 1. The average molecular weight is 506 g/mol. The van der Waals surface area contributed by atoms with Crippen molar-refractivity contribution >= 4 is 29.9 Å². The van der Waals surface area contributed by atoms with Crippen LogP contribution in [0, 0.1) is 0 Å². The van der Waals surface area contributed by atoms with E-state index >= 15 is 0 Å². The fourth-order valence-corrected chi connectivity index (χ4v) is 2.76. The molecule has 0 radical (unpaired) electrons. The third-order valence-electron chi connectivity index (χ3n) is 4.21. The van der Waals surface area contributed by atoms with Crippen LogP contribution >= 0.6 is 24.0 Å². The Morgan fingerprint density at radius 2 is 1.76 bits per heavy atom. The van der Waals surface area contributed by atoms with Crippen LogP contribution in [0.1, 0.15) is 30.7 Å². The van der Waals surface area contributed by atoms with E-state index in [1.807, 2.05) is 67.6 Å². The summed E-state index contributed by atoms with van der Waals surface area (Å²) < 4.78 is 5.55. The molecular formula is C22H27IN4O2. The van der Waals surface area contributed by atoms with Crippen LogP contribution in [0.15, 0.2) is 76.3 Å². The summed E-state index contributed by atoms with van der Waals surface area (Å²) in [6.07, 6.45) is 1.73. The van der Waals surface area contributed by atoms with Gasteiger partial charge in [0.2, 0.25) is 5.89 Å². The van der Waals surface area contributed by atoms with Crippen molar-refractivity contribution in [1.29, 1.82) is 0 Å². The second-order valence-electron chi connectivity index (χ2n) is 6.35. The molecule has 154 valence electrons. The molecule has 0 saturated carbocycles. The number of nitrogens with zero attached hydrogens (tertiary/aromatic N) is 2. The van der Waals surface area contributed by atoms with E-state index in [4.69, 9.17) is 4.42 Å². The van der Waals surface area contributed by atoms with Gasteiger partial charge in [-0.25, -0.2) is 9.98 Å². The lowest BCUT2D eigenvalue weighted by atomic mass is 10.1. The van der Waals surface area contributed by atoms with Gasteiger partial charge in [0.1, 0.15) is 12.0 Å². The van der Waals surface area contributed by atoms with E-state index in [-0.39, 0.29) is 24.0 Å². The summed E-state index contributed by atoms with van der Waals surface area (Å²) in [5.41, 5.74) is 2.63. The number of hydrogen-bond acceptors (Lipinski definition) is 4. The molecule has 0 saturated heterocycles. The van der Waals surface area contributed by atoms with Crippen LogP contribution in [0.3, 0.4) is 0 Å². The molecule has 0 aliphatic carbocycles. The molecule has 0 spiro atoms. The summed E-state index contributed by atoms with van der Waals surface area (Å²) in [4.78, 5) is 9.04. The van der Waals surface area contributed by atoms with Crippen molar-refractivity contribution < 1.29 is 9.52 Å². The summed E-state index contributed by atoms with van der Waals surface area (Å²) in [6.45, 7) is 3.78. The zero-order valence-electron chi connectivity index (χ0n) is 16.4. The van der Waals surface area contributed by atoms with Gasteiger partial charge in [-0.15, -0.1) is 24.0 Å². The maximum Gasteiger partial charge on any atom is 0.226 e. The normalized spacial score (nSPS) is 12.1. The van der Waals surface area contributed by atoms with Gasteiger partial charge in [-0.2, -0.15) is 0 Å². The largest absolute Gasteiger partial charge is 0.444 e. The molecule has 6 nitrogen and oxygen atoms in total. The zero-order chi connectivity index (χ0) is 19.6. The Kier molecular flexibility index (Phi) is 9.66. The molecule has 1 heterocycles. The average Bonchev–Trinajstić information content (AvgIpc) is 3.22. The number of rotatable bonds is 8. The first-order chi connectivity index (χ1) is 13.8. The number of nitrogens with one attached hydrogen (secondary N) is 2. The maximum absolute atomic E-state index is 10.3. The van der Waals surface area contributed by atoms with E-state index in [0.29, 0.717) is 31.4 Å². The highest BCUT2D eigenvalue weighted by Crippen LogP contribution is 2.18. The molecule has 1 atom stereocenters. The summed E-state index contributed by atoms with van der Waals surface area (Å²) >= 11 is 0. The molecule has 0 aliphatic heterocycles. The first-order valence-electron chi connectivity index (χ1n) is 9.51. The Morgan fingerprint density at radius 3 is 2.45 bits per heavy atom. The van der Waals surface area contributed by atoms with Crippen LogP contribution in [-0.2, 0) is 6.54 Å². The molecule has 3 rings (SSSR count). The lowest BCUT2D eigenvalue weighted by Crippen LogP contribution is -2.38. The minimum Gasteiger partial charge on any atom is -0.444 e. The molecular weight excluding hydrogens is 479 g/mol. The highest BCUT2D eigenvalue weighted by Gasteiger charge is 2.08. The van der Waals surface area contributed by atoms with Crippen LogP contribution in [0.2, 0.25) is 0 Å².